The predicted octanol–water partition coefficient (Wildman–Crippen LogP) is 4.95. The maximum Gasteiger partial charge on any atom is 0.185 e. The van der Waals surface area contributed by atoms with Crippen LogP contribution in [0.4, 0.5) is 4.39 Å². The van der Waals surface area contributed by atoms with Gasteiger partial charge in [-0.05, 0) is 65.7 Å². The van der Waals surface area contributed by atoms with Crippen molar-refractivity contribution < 1.29 is 18.7 Å². The van der Waals surface area contributed by atoms with Crippen LogP contribution >= 0.6 is 0 Å². The Bertz CT molecular complexity index is 1250. The molecule has 0 aliphatic rings. The molecule has 0 N–H and O–H groups in total. The first-order valence-electron chi connectivity index (χ1n) is 10.3. The number of rotatable bonds is 9. The topological polar surface area (TPSA) is 66.2 Å². The van der Waals surface area contributed by atoms with E-state index in [2.05, 4.69) is 10.3 Å². The van der Waals surface area contributed by atoms with E-state index < -0.39 is 0 Å². The van der Waals surface area contributed by atoms with Gasteiger partial charge < -0.3 is 9.47 Å². The lowest BCUT2D eigenvalue weighted by atomic mass is 10.1. The van der Waals surface area contributed by atoms with Crippen molar-refractivity contribution in [3.8, 4) is 11.5 Å². The lowest BCUT2D eigenvalue weighted by Gasteiger charge is -2.04. The Morgan fingerprint density at radius 1 is 1.03 bits per heavy atom. The molecule has 4 aromatic rings. The maximum atomic E-state index is 13.3. The van der Waals surface area contributed by atoms with Crippen LogP contribution in [0.2, 0.25) is 0 Å². The van der Waals surface area contributed by atoms with E-state index in [1.165, 1.54) is 18.2 Å². The third-order valence-corrected chi connectivity index (χ3v) is 4.89. The van der Waals surface area contributed by atoms with Gasteiger partial charge in [-0.1, -0.05) is 35.6 Å². The number of ketones is 1. The van der Waals surface area contributed by atoms with Crippen molar-refractivity contribution in [1.29, 1.82) is 0 Å². The minimum atomic E-state index is -0.278. The lowest BCUT2D eigenvalue weighted by Crippen LogP contribution is -2.00. The molecule has 0 aliphatic carbocycles. The van der Waals surface area contributed by atoms with Crippen molar-refractivity contribution in [2.45, 2.75) is 13.2 Å². The number of carbonyl (C=O) groups is 1. The van der Waals surface area contributed by atoms with Crippen molar-refractivity contribution >= 4 is 11.9 Å². The van der Waals surface area contributed by atoms with Crippen LogP contribution in [-0.2, 0) is 13.2 Å². The van der Waals surface area contributed by atoms with Gasteiger partial charge in [-0.2, -0.15) is 0 Å². The fourth-order valence-electron chi connectivity index (χ4n) is 3.16. The summed E-state index contributed by atoms with van der Waals surface area (Å²) in [7, 11) is 1.59. The predicted molar refractivity (Wildman–Crippen MR) is 123 cm³/mol. The van der Waals surface area contributed by atoms with Gasteiger partial charge in [0.2, 0.25) is 0 Å². The Morgan fingerprint density at radius 2 is 1.79 bits per heavy atom. The quantitative estimate of drug-likeness (QED) is 0.271. The molecule has 1 heterocycles. The monoisotopic (exact) mass is 443 g/mol. The lowest BCUT2D eigenvalue weighted by molar-refractivity contribution is 0.104. The molecule has 0 spiro atoms. The highest BCUT2D eigenvalue weighted by molar-refractivity contribution is 6.06. The number of benzene rings is 3. The fourth-order valence-corrected chi connectivity index (χ4v) is 3.16. The van der Waals surface area contributed by atoms with Gasteiger partial charge in [0, 0.05) is 5.56 Å². The van der Waals surface area contributed by atoms with Crippen molar-refractivity contribution in [1.82, 2.24) is 15.0 Å². The van der Waals surface area contributed by atoms with Crippen molar-refractivity contribution in [2.75, 3.05) is 7.11 Å². The van der Waals surface area contributed by atoms with E-state index in [4.69, 9.17) is 9.47 Å². The molecule has 0 saturated carbocycles. The van der Waals surface area contributed by atoms with Crippen LogP contribution in [-0.4, -0.2) is 27.9 Å². The zero-order valence-corrected chi connectivity index (χ0v) is 18.0. The molecule has 0 amide bonds. The summed E-state index contributed by atoms with van der Waals surface area (Å²) in [5.74, 6) is 1.02. The molecule has 3 aromatic carbocycles. The second kappa shape index (κ2) is 10.4. The van der Waals surface area contributed by atoms with Gasteiger partial charge in [0.15, 0.2) is 5.78 Å². The summed E-state index contributed by atoms with van der Waals surface area (Å²) in [6.07, 6.45) is 5.07. The fraction of sp³-hybridized carbons (Fsp3) is 0.115. The molecule has 0 bridgehead atoms. The van der Waals surface area contributed by atoms with Crippen LogP contribution in [0.25, 0.3) is 6.08 Å². The molecule has 6 nitrogen and oxygen atoms in total. The molecule has 0 atom stereocenters. The summed E-state index contributed by atoms with van der Waals surface area (Å²) in [6.45, 7) is 0.690. The van der Waals surface area contributed by atoms with Gasteiger partial charge >= 0.3 is 0 Å². The summed E-state index contributed by atoms with van der Waals surface area (Å²) < 4.78 is 25.8. The molecule has 0 saturated heterocycles. The first-order chi connectivity index (χ1) is 16.1. The Kier molecular flexibility index (Phi) is 6.90. The van der Waals surface area contributed by atoms with Crippen molar-refractivity contribution in [3.63, 3.8) is 0 Å². The standard InChI is InChI=1S/C26H22FN3O3/c1-32-24-12-8-21(9-13-24)26(31)14-7-19-5-10-25(11-6-19)33-18-23-17-30(29-28-23)16-20-3-2-4-22(27)15-20/h2-15,17H,16,18H2,1H3/b14-7+. The number of hydrogen-bond donors (Lipinski definition) is 0. The van der Waals surface area contributed by atoms with Crippen LogP contribution in [0.5, 0.6) is 11.5 Å². The van der Waals surface area contributed by atoms with Crippen molar-refractivity contribution in [2.24, 2.45) is 0 Å². The average Bonchev–Trinajstić information content (AvgIpc) is 3.29. The van der Waals surface area contributed by atoms with Crippen LogP contribution in [0.15, 0.2) is 85.1 Å². The number of allylic oxidation sites excluding steroid dienone is 1. The number of methoxy groups -OCH3 is 1. The molecule has 0 aliphatic heterocycles. The van der Waals surface area contributed by atoms with Gasteiger partial charge in [-0.15, -0.1) is 5.10 Å². The summed E-state index contributed by atoms with van der Waals surface area (Å²) >= 11 is 0. The van der Waals surface area contributed by atoms with E-state index in [0.717, 1.165) is 11.1 Å². The molecule has 7 heteroatoms. The molecule has 0 unspecified atom stereocenters. The Morgan fingerprint density at radius 3 is 2.52 bits per heavy atom. The summed E-state index contributed by atoms with van der Waals surface area (Å²) in [5.41, 5.74) is 2.95. The van der Waals surface area contributed by atoms with E-state index in [1.807, 2.05) is 30.3 Å². The molecule has 0 radical (unpaired) electrons. The first-order valence-corrected chi connectivity index (χ1v) is 10.3. The minimum Gasteiger partial charge on any atom is -0.497 e. The number of carbonyl (C=O) groups excluding carboxylic acids is 1. The summed E-state index contributed by atoms with van der Waals surface area (Å²) in [4.78, 5) is 12.3. The van der Waals surface area contributed by atoms with E-state index >= 15 is 0 Å². The third kappa shape index (κ3) is 6.13. The highest BCUT2D eigenvalue weighted by Crippen LogP contribution is 2.16. The Hall–Kier alpha value is -4.26. The zero-order valence-electron chi connectivity index (χ0n) is 18.0. The molecular formula is C26H22FN3O3. The number of ether oxygens (including phenoxy) is 2. The van der Waals surface area contributed by atoms with Crippen LogP contribution in [0.1, 0.15) is 27.2 Å². The second-order valence-corrected chi connectivity index (χ2v) is 7.32. The Balaban J connectivity index is 1.29. The highest BCUT2D eigenvalue weighted by atomic mass is 19.1. The number of hydrogen-bond acceptors (Lipinski definition) is 5. The number of aromatic nitrogens is 3. The second-order valence-electron chi connectivity index (χ2n) is 7.32. The van der Waals surface area contributed by atoms with Crippen LogP contribution in [0, 0.1) is 5.82 Å². The first kappa shape index (κ1) is 22.0. The van der Waals surface area contributed by atoms with E-state index in [9.17, 15) is 9.18 Å². The largest absolute Gasteiger partial charge is 0.497 e. The molecular weight excluding hydrogens is 421 g/mol. The molecule has 166 valence electrons. The van der Waals surface area contributed by atoms with Gasteiger partial charge in [0.1, 0.15) is 29.6 Å². The van der Waals surface area contributed by atoms with E-state index in [1.54, 1.807) is 54.4 Å². The SMILES string of the molecule is COc1ccc(C(=O)/C=C/c2ccc(OCc3cn(Cc4cccc(F)c4)nn3)cc2)cc1. The smallest absolute Gasteiger partial charge is 0.185 e. The van der Waals surface area contributed by atoms with E-state index in [0.29, 0.717) is 29.3 Å². The van der Waals surface area contributed by atoms with Crippen molar-refractivity contribution in [3.05, 3.63) is 113 Å². The minimum absolute atomic E-state index is 0.0840. The number of nitrogens with zero attached hydrogens (tertiary/aromatic N) is 3. The average molecular weight is 443 g/mol. The third-order valence-electron chi connectivity index (χ3n) is 4.89. The zero-order chi connectivity index (χ0) is 23.0. The molecule has 1 aromatic heterocycles. The number of halogens is 1. The van der Waals surface area contributed by atoms with Gasteiger partial charge in [0.25, 0.3) is 0 Å². The van der Waals surface area contributed by atoms with Crippen LogP contribution < -0.4 is 9.47 Å². The normalized spacial score (nSPS) is 11.0. The van der Waals surface area contributed by atoms with Crippen LogP contribution in [0.3, 0.4) is 0 Å². The van der Waals surface area contributed by atoms with E-state index in [-0.39, 0.29) is 18.2 Å². The molecule has 0 fully saturated rings. The highest BCUT2D eigenvalue weighted by Gasteiger charge is 2.05. The summed E-state index contributed by atoms with van der Waals surface area (Å²) in [6, 6.07) is 20.8. The summed E-state index contributed by atoms with van der Waals surface area (Å²) in [5, 5.41) is 8.15. The Labute approximate surface area is 190 Å². The molecule has 4 rings (SSSR count). The maximum absolute atomic E-state index is 13.3. The van der Waals surface area contributed by atoms with Gasteiger partial charge in [-0.25, -0.2) is 9.07 Å². The van der Waals surface area contributed by atoms with Gasteiger partial charge in [0.05, 0.1) is 19.9 Å². The van der Waals surface area contributed by atoms with Gasteiger partial charge in [-0.3, -0.25) is 4.79 Å². The molecule has 33 heavy (non-hydrogen) atoms.